The highest BCUT2D eigenvalue weighted by atomic mass is 35.5. The maximum atomic E-state index is 6.92. The fourth-order valence-electron chi connectivity index (χ4n) is 4.80. The van der Waals surface area contributed by atoms with E-state index in [-0.39, 0.29) is 0 Å². The molecule has 0 radical (unpaired) electrons. The molecule has 6 rings (SSSR count). The fourth-order valence-corrected chi connectivity index (χ4v) is 4.92. The van der Waals surface area contributed by atoms with Gasteiger partial charge in [0, 0.05) is 17.5 Å². The number of allylic oxidation sites excluding steroid dienone is 2. The summed E-state index contributed by atoms with van der Waals surface area (Å²) in [7, 11) is 0. The molecule has 1 aliphatic carbocycles. The van der Waals surface area contributed by atoms with E-state index in [1.54, 1.807) is 0 Å². The molecule has 0 saturated heterocycles. The van der Waals surface area contributed by atoms with E-state index in [9.17, 15) is 0 Å². The number of benzene rings is 5. The van der Waals surface area contributed by atoms with Gasteiger partial charge < -0.3 is 14.2 Å². The quantitative estimate of drug-likeness (QED) is 0.195. The zero-order chi connectivity index (χ0) is 27.2. The maximum absolute atomic E-state index is 6.92. The third-order valence-electron chi connectivity index (χ3n) is 6.75. The predicted molar refractivity (Wildman–Crippen MR) is 161 cm³/mol. The van der Waals surface area contributed by atoms with E-state index in [1.165, 1.54) is 0 Å². The van der Waals surface area contributed by atoms with Crippen LogP contribution in [0.5, 0.6) is 28.7 Å². The van der Waals surface area contributed by atoms with Gasteiger partial charge in [0.25, 0.3) is 0 Å². The summed E-state index contributed by atoms with van der Waals surface area (Å²) in [5, 5.41) is 0.714. The molecule has 0 N–H and O–H groups in total. The molecule has 40 heavy (non-hydrogen) atoms. The normalized spacial score (nSPS) is 16.2. The lowest BCUT2D eigenvalue weighted by Gasteiger charge is -2.35. The fraction of sp³-hybridized carbons (Fsp3) is 0.0556. The molecule has 3 nitrogen and oxygen atoms in total. The monoisotopic (exact) mass is 542 g/mol. The number of ether oxygens (including phenoxy) is 3. The van der Waals surface area contributed by atoms with Gasteiger partial charge in [-0.1, -0.05) is 103 Å². The lowest BCUT2D eigenvalue weighted by atomic mass is 9.81. The highest BCUT2D eigenvalue weighted by Gasteiger charge is 2.35. The number of hydrogen-bond acceptors (Lipinski definition) is 3. The topological polar surface area (TPSA) is 27.7 Å². The molecule has 196 valence electrons. The van der Waals surface area contributed by atoms with Crippen LogP contribution in [0.4, 0.5) is 0 Å². The van der Waals surface area contributed by atoms with Crippen molar-refractivity contribution in [2.75, 3.05) is 0 Å². The van der Waals surface area contributed by atoms with Crippen LogP contribution in [-0.4, -0.2) is 0 Å². The highest BCUT2D eigenvalue weighted by Crippen LogP contribution is 2.44. The van der Waals surface area contributed by atoms with Crippen LogP contribution in [0.25, 0.3) is 5.57 Å². The van der Waals surface area contributed by atoms with Crippen molar-refractivity contribution < 1.29 is 14.2 Å². The molecular weight excluding hydrogens is 516 g/mol. The summed E-state index contributed by atoms with van der Waals surface area (Å²) >= 11 is 6.16. The third kappa shape index (κ3) is 5.80. The van der Waals surface area contributed by atoms with Gasteiger partial charge in [0.05, 0.1) is 0 Å². The summed E-state index contributed by atoms with van der Waals surface area (Å²) in [6.07, 6.45) is 6.96. The summed E-state index contributed by atoms with van der Waals surface area (Å²) in [6, 6.07) is 43.3. The Morgan fingerprint density at radius 2 is 1.20 bits per heavy atom. The van der Waals surface area contributed by atoms with E-state index < -0.39 is 5.60 Å². The van der Waals surface area contributed by atoms with Gasteiger partial charge in [0.2, 0.25) is 0 Å². The van der Waals surface area contributed by atoms with Gasteiger partial charge in [-0.15, -0.1) is 0 Å². The first-order valence-electron chi connectivity index (χ1n) is 13.2. The van der Waals surface area contributed by atoms with Gasteiger partial charge in [0.15, 0.2) is 17.1 Å². The third-order valence-corrected chi connectivity index (χ3v) is 7.00. The van der Waals surface area contributed by atoms with Crippen LogP contribution in [0.1, 0.15) is 17.5 Å². The van der Waals surface area contributed by atoms with Crippen molar-refractivity contribution in [1.82, 2.24) is 0 Å². The average Bonchev–Trinajstić information content (AvgIpc) is 3.00. The maximum Gasteiger partial charge on any atom is 0.169 e. The SMILES string of the molecule is Clc1ccc(C2=CC=CC(Oc3ccccc3Oc3cccc(Oc4ccccc4)c3)(c3ccccc3)C2)cc1. The number of hydrogen-bond donors (Lipinski definition) is 0. The summed E-state index contributed by atoms with van der Waals surface area (Å²) < 4.78 is 19.3. The van der Waals surface area contributed by atoms with Crippen molar-refractivity contribution in [3.8, 4) is 28.7 Å². The average molecular weight is 543 g/mol. The van der Waals surface area contributed by atoms with Crippen molar-refractivity contribution in [2.45, 2.75) is 12.0 Å². The van der Waals surface area contributed by atoms with Crippen molar-refractivity contribution >= 4 is 17.2 Å². The Hall–Kier alpha value is -4.73. The molecule has 4 heteroatoms. The molecular formula is C36H27ClO3. The smallest absolute Gasteiger partial charge is 0.169 e. The van der Waals surface area contributed by atoms with Crippen LogP contribution in [0.3, 0.4) is 0 Å². The Morgan fingerprint density at radius 1 is 0.575 bits per heavy atom. The minimum atomic E-state index is -0.733. The second-order valence-electron chi connectivity index (χ2n) is 9.53. The van der Waals surface area contributed by atoms with Gasteiger partial charge in [-0.05, 0) is 71.3 Å². The van der Waals surface area contributed by atoms with Crippen molar-refractivity contribution in [3.63, 3.8) is 0 Å². The van der Waals surface area contributed by atoms with E-state index in [0.717, 1.165) is 22.4 Å². The Morgan fingerprint density at radius 3 is 1.95 bits per heavy atom. The highest BCUT2D eigenvalue weighted by molar-refractivity contribution is 6.30. The van der Waals surface area contributed by atoms with E-state index in [4.69, 9.17) is 25.8 Å². The summed E-state index contributed by atoms with van der Waals surface area (Å²) in [5.41, 5.74) is 2.59. The van der Waals surface area contributed by atoms with Crippen LogP contribution in [-0.2, 0) is 5.60 Å². The molecule has 1 unspecified atom stereocenters. The van der Waals surface area contributed by atoms with E-state index in [1.807, 2.05) is 121 Å². The first-order valence-corrected chi connectivity index (χ1v) is 13.5. The minimum Gasteiger partial charge on any atom is -0.474 e. The molecule has 5 aromatic rings. The zero-order valence-corrected chi connectivity index (χ0v) is 22.5. The molecule has 0 aromatic heterocycles. The molecule has 0 aliphatic heterocycles. The lowest BCUT2D eigenvalue weighted by Crippen LogP contribution is -2.32. The van der Waals surface area contributed by atoms with Gasteiger partial charge in [0.1, 0.15) is 17.2 Å². The molecule has 0 spiro atoms. The predicted octanol–water partition coefficient (Wildman–Crippen LogP) is 10.2. The molecule has 0 fully saturated rings. The van der Waals surface area contributed by atoms with Gasteiger partial charge in [-0.25, -0.2) is 0 Å². The second-order valence-corrected chi connectivity index (χ2v) is 9.97. The Balaban J connectivity index is 1.30. The number of rotatable bonds is 8. The van der Waals surface area contributed by atoms with Crippen LogP contribution < -0.4 is 14.2 Å². The lowest BCUT2D eigenvalue weighted by molar-refractivity contribution is 0.120. The van der Waals surface area contributed by atoms with Crippen molar-refractivity contribution in [3.05, 3.63) is 168 Å². The standard InChI is InChI=1S/C36H27ClO3/c37-30-22-20-27(21-23-30)28-11-10-24-36(26-28,29-12-3-1-4-13-29)40-35-19-8-7-18-34(35)39-33-17-9-16-32(25-33)38-31-14-5-2-6-15-31/h1-25H,26H2. The molecule has 5 aromatic carbocycles. The summed E-state index contributed by atoms with van der Waals surface area (Å²) in [6.45, 7) is 0. The van der Waals surface area contributed by atoms with Gasteiger partial charge in [-0.2, -0.15) is 0 Å². The largest absolute Gasteiger partial charge is 0.474 e. The number of halogens is 1. The van der Waals surface area contributed by atoms with Crippen molar-refractivity contribution in [1.29, 1.82) is 0 Å². The van der Waals surface area contributed by atoms with Crippen LogP contribution >= 0.6 is 11.6 Å². The summed E-state index contributed by atoms with van der Waals surface area (Å²) in [4.78, 5) is 0. The molecule has 1 aliphatic rings. The molecule has 0 amide bonds. The zero-order valence-electron chi connectivity index (χ0n) is 21.7. The Bertz CT molecular complexity index is 1640. The van der Waals surface area contributed by atoms with Crippen LogP contribution in [0.2, 0.25) is 5.02 Å². The summed E-state index contributed by atoms with van der Waals surface area (Å²) in [5.74, 6) is 3.37. The van der Waals surface area contributed by atoms with Crippen LogP contribution in [0.15, 0.2) is 152 Å². The first kappa shape index (κ1) is 25.5. The van der Waals surface area contributed by atoms with Crippen LogP contribution in [0, 0.1) is 0 Å². The van der Waals surface area contributed by atoms with Gasteiger partial charge in [-0.3, -0.25) is 0 Å². The van der Waals surface area contributed by atoms with E-state index >= 15 is 0 Å². The van der Waals surface area contributed by atoms with E-state index in [2.05, 4.69) is 30.4 Å². The Labute approximate surface area is 239 Å². The number of para-hydroxylation sites is 3. The first-order chi connectivity index (χ1) is 19.7. The molecule has 1 atom stereocenters. The molecule has 0 heterocycles. The van der Waals surface area contributed by atoms with Gasteiger partial charge >= 0.3 is 0 Å². The molecule has 0 saturated carbocycles. The van der Waals surface area contributed by atoms with E-state index in [0.29, 0.717) is 34.4 Å². The Kier molecular flexibility index (Phi) is 7.39. The van der Waals surface area contributed by atoms with Crippen molar-refractivity contribution in [2.24, 2.45) is 0 Å². The molecule has 0 bridgehead atoms. The minimum absolute atomic E-state index is 0.616. The second kappa shape index (κ2) is 11.6.